The number of halogens is 1. The molecule has 2 N–H and O–H groups in total. The molecule has 184 valence electrons. The molecule has 1 atom stereocenters. The highest BCUT2D eigenvalue weighted by Crippen LogP contribution is 2.37. The van der Waals surface area contributed by atoms with Gasteiger partial charge < -0.3 is 15.4 Å². The van der Waals surface area contributed by atoms with Gasteiger partial charge in [-0.2, -0.15) is 0 Å². The summed E-state index contributed by atoms with van der Waals surface area (Å²) in [6.45, 7) is 5.25. The van der Waals surface area contributed by atoms with E-state index in [1.807, 2.05) is 26.8 Å². The van der Waals surface area contributed by atoms with Crippen LogP contribution in [0.25, 0.3) is 0 Å². The van der Waals surface area contributed by atoms with Gasteiger partial charge in [0.25, 0.3) is 5.91 Å². The lowest BCUT2D eigenvalue weighted by molar-refractivity contribution is -0.127. The molecule has 1 aromatic heterocycles. The molecular formula is C26H28ClN3O4S. The number of ether oxygens (including phenoxy) is 1. The summed E-state index contributed by atoms with van der Waals surface area (Å²) in [6.07, 6.45) is 0. The van der Waals surface area contributed by atoms with Gasteiger partial charge in [-0.15, -0.1) is 11.3 Å². The Morgan fingerprint density at radius 1 is 1.06 bits per heavy atom. The zero-order chi connectivity index (χ0) is 25.6. The monoisotopic (exact) mass is 513 g/mol. The maximum atomic E-state index is 13.7. The van der Waals surface area contributed by atoms with Crippen molar-refractivity contribution in [3.05, 3.63) is 81.5 Å². The number of hydrogen-bond donors (Lipinski definition) is 2. The van der Waals surface area contributed by atoms with Gasteiger partial charge in [0.05, 0.1) is 24.2 Å². The van der Waals surface area contributed by atoms with Gasteiger partial charge in [-0.05, 0) is 56.0 Å². The summed E-state index contributed by atoms with van der Waals surface area (Å²) >= 11 is 7.56. The summed E-state index contributed by atoms with van der Waals surface area (Å²) < 4.78 is 5.51. The molecule has 35 heavy (non-hydrogen) atoms. The van der Waals surface area contributed by atoms with Crippen LogP contribution in [0.3, 0.4) is 0 Å². The average molecular weight is 514 g/mol. The van der Waals surface area contributed by atoms with Crippen LogP contribution in [-0.4, -0.2) is 36.9 Å². The first-order chi connectivity index (χ1) is 16.6. The zero-order valence-corrected chi connectivity index (χ0v) is 21.6. The first-order valence-electron chi connectivity index (χ1n) is 10.9. The van der Waals surface area contributed by atoms with E-state index < -0.39 is 17.5 Å². The van der Waals surface area contributed by atoms with Gasteiger partial charge in [-0.1, -0.05) is 48.0 Å². The van der Waals surface area contributed by atoms with E-state index in [0.717, 1.165) is 0 Å². The molecule has 1 heterocycles. The number of rotatable bonds is 8. The summed E-state index contributed by atoms with van der Waals surface area (Å²) in [5, 5.41) is 7.77. The highest BCUT2D eigenvalue weighted by atomic mass is 35.5. The van der Waals surface area contributed by atoms with Crippen LogP contribution in [0, 0.1) is 0 Å². The fourth-order valence-electron chi connectivity index (χ4n) is 3.50. The van der Waals surface area contributed by atoms with Crippen molar-refractivity contribution in [1.82, 2.24) is 10.6 Å². The lowest BCUT2D eigenvalue weighted by atomic mass is 10.0. The fourth-order valence-corrected chi connectivity index (χ4v) is 4.30. The minimum atomic E-state index is -1.05. The molecule has 3 aromatic rings. The van der Waals surface area contributed by atoms with Gasteiger partial charge in [0, 0.05) is 10.6 Å². The van der Waals surface area contributed by atoms with Crippen LogP contribution < -0.4 is 20.3 Å². The van der Waals surface area contributed by atoms with Crippen molar-refractivity contribution >= 4 is 46.3 Å². The van der Waals surface area contributed by atoms with Crippen LogP contribution in [0.5, 0.6) is 5.75 Å². The molecule has 0 saturated carbocycles. The van der Waals surface area contributed by atoms with Crippen LogP contribution in [-0.2, 0) is 9.59 Å². The second-order valence-corrected chi connectivity index (χ2v) is 10.2. The number of amides is 3. The molecular weight excluding hydrogens is 486 g/mol. The molecule has 0 unspecified atom stereocenters. The number of hydrogen-bond acceptors (Lipinski definition) is 5. The first-order valence-corrected chi connectivity index (χ1v) is 12.2. The molecule has 9 heteroatoms. The molecule has 2 aromatic carbocycles. The SMILES string of the molecule is COc1ccc(Cl)cc1N(C(=O)CNC(=O)c1cccs1)[C@H](C(=O)NC(C)(C)C)c1ccccc1. The van der Waals surface area contributed by atoms with E-state index in [9.17, 15) is 14.4 Å². The molecule has 7 nitrogen and oxygen atoms in total. The van der Waals surface area contributed by atoms with Crippen molar-refractivity contribution in [2.24, 2.45) is 0 Å². The highest BCUT2D eigenvalue weighted by molar-refractivity contribution is 7.12. The van der Waals surface area contributed by atoms with Crippen molar-refractivity contribution < 1.29 is 19.1 Å². The van der Waals surface area contributed by atoms with Crippen LogP contribution in [0.4, 0.5) is 5.69 Å². The number of carbonyl (C=O) groups is 3. The Morgan fingerprint density at radius 2 is 1.77 bits per heavy atom. The van der Waals surface area contributed by atoms with E-state index in [2.05, 4.69) is 10.6 Å². The molecule has 0 bridgehead atoms. The molecule has 0 aliphatic rings. The largest absolute Gasteiger partial charge is 0.495 e. The summed E-state index contributed by atoms with van der Waals surface area (Å²) in [7, 11) is 1.47. The van der Waals surface area contributed by atoms with Crippen molar-refractivity contribution in [2.75, 3.05) is 18.6 Å². The van der Waals surface area contributed by atoms with E-state index >= 15 is 0 Å². The minimum Gasteiger partial charge on any atom is -0.495 e. The molecule has 0 spiro atoms. The van der Waals surface area contributed by atoms with Crippen LogP contribution >= 0.6 is 22.9 Å². The molecule has 0 radical (unpaired) electrons. The van der Waals surface area contributed by atoms with E-state index in [4.69, 9.17) is 16.3 Å². The number of thiophene rings is 1. The fraction of sp³-hybridized carbons (Fsp3) is 0.269. The topological polar surface area (TPSA) is 87.7 Å². The summed E-state index contributed by atoms with van der Waals surface area (Å²) in [6, 6.07) is 16.2. The predicted octanol–water partition coefficient (Wildman–Crippen LogP) is 4.83. The Balaban J connectivity index is 2.08. The van der Waals surface area contributed by atoms with Crippen molar-refractivity contribution in [2.45, 2.75) is 32.4 Å². The highest BCUT2D eigenvalue weighted by Gasteiger charge is 2.36. The summed E-state index contributed by atoms with van der Waals surface area (Å²) in [5.74, 6) is -0.907. The third-order valence-electron chi connectivity index (χ3n) is 4.93. The second kappa shape index (κ2) is 11.4. The third kappa shape index (κ3) is 6.83. The Labute approximate surface area is 214 Å². The maximum Gasteiger partial charge on any atom is 0.261 e. The number of benzene rings is 2. The van der Waals surface area contributed by atoms with E-state index in [1.54, 1.807) is 60.0 Å². The van der Waals surface area contributed by atoms with Crippen LogP contribution in [0.2, 0.25) is 5.02 Å². The molecule has 3 rings (SSSR count). The minimum absolute atomic E-state index is 0.313. The number of anilines is 1. The predicted molar refractivity (Wildman–Crippen MR) is 139 cm³/mol. The van der Waals surface area contributed by atoms with Crippen molar-refractivity contribution in [1.29, 1.82) is 0 Å². The van der Waals surface area contributed by atoms with E-state index in [0.29, 0.717) is 26.9 Å². The van der Waals surface area contributed by atoms with Crippen molar-refractivity contribution in [3.8, 4) is 5.75 Å². The van der Waals surface area contributed by atoms with Gasteiger partial charge >= 0.3 is 0 Å². The number of carbonyl (C=O) groups excluding carboxylic acids is 3. The zero-order valence-electron chi connectivity index (χ0n) is 20.0. The summed E-state index contributed by atoms with van der Waals surface area (Å²) in [5.41, 5.74) is 0.354. The van der Waals surface area contributed by atoms with E-state index in [-0.39, 0.29) is 18.4 Å². The molecule has 0 aliphatic heterocycles. The number of nitrogens with zero attached hydrogens (tertiary/aromatic N) is 1. The Kier molecular flexibility index (Phi) is 8.53. The van der Waals surface area contributed by atoms with Gasteiger partial charge in [-0.25, -0.2) is 0 Å². The Hall–Kier alpha value is -3.36. The maximum absolute atomic E-state index is 13.7. The van der Waals surface area contributed by atoms with E-state index in [1.165, 1.54) is 23.3 Å². The smallest absolute Gasteiger partial charge is 0.261 e. The van der Waals surface area contributed by atoms with Gasteiger partial charge in [0.15, 0.2) is 0 Å². The number of methoxy groups -OCH3 is 1. The number of nitrogens with one attached hydrogen (secondary N) is 2. The quantitative estimate of drug-likeness (QED) is 0.451. The Bertz CT molecular complexity index is 1180. The summed E-state index contributed by atoms with van der Waals surface area (Å²) in [4.78, 5) is 41.7. The molecule has 3 amide bonds. The molecule has 0 aliphatic carbocycles. The van der Waals surface area contributed by atoms with Gasteiger partial charge in [-0.3, -0.25) is 19.3 Å². The standard InChI is InChI=1S/C26H28ClN3O4S/c1-26(2,3)29-25(33)23(17-9-6-5-7-10-17)30(19-15-18(27)12-13-20(19)34-4)22(31)16-28-24(32)21-11-8-14-35-21/h5-15,23H,16H2,1-4H3,(H,28,32)(H,29,33)/t23-/m0/s1. The van der Waals surface area contributed by atoms with Gasteiger partial charge in [0.1, 0.15) is 11.8 Å². The van der Waals surface area contributed by atoms with Gasteiger partial charge in [0.2, 0.25) is 11.8 Å². The third-order valence-corrected chi connectivity index (χ3v) is 6.04. The first kappa shape index (κ1) is 26.2. The molecule has 0 fully saturated rings. The lowest BCUT2D eigenvalue weighted by Crippen LogP contribution is -2.51. The van der Waals surface area contributed by atoms with Crippen LogP contribution in [0.15, 0.2) is 66.0 Å². The molecule has 0 saturated heterocycles. The lowest BCUT2D eigenvalue weighted by Gasteiger charge is -2.34. The second-order valence-electron chi connectivity index (χ2n) is 8.79. The van der Waals surface area contributed by atoms with Crippen LogP contribution in [0.1, 0.15) is 42.0 Å². The normalized spacial score (nSPS) is 11.9. The van der Waals surface area contributed by atoms with Crippen molar-refractivity contribution in [3.63, 3.8) is 0 Å². The Morgan fingerprint density at radius 3 is 2.37 bits per heavy atom. The average Bonchev–Trinajstić information content (AvgIpc) is 3.35.